The Labute approximate surface area is 171 Å². The molecule has 2 aliphatic heterocycles. The number of carbonyl (C=O) groups is 1. The maximum atomic E-state index is 13.0. The van der Waals surface area contributed by atoms with Crippen LogP contribution in [0.1, 0.15) is 32.6 Å². The van der Waals surface area contributed by atoms with Crippen LogP contribution in [0.4, 0.5) is 11.4 Å². The Morgan fingerprint density at radius 2 is 1.93 bits per heavy atom. The summed E-state index contributed by atoms with van der Waals surface area (Å²) in [6.45, 7) is 4.27. The lowest BCUT2D eigenvalue weighted by molar-refractivity contribution is -0.384. The van der Waals surface area contributed by atoms with Crippen molar-refractivity contribution >= 4 is 27.3 Å². The van der Waals surface area contributed by atoms with Crippen molar-refractivity contribution in [2.24, 2.45) is 5.92 Å². The number of nitro benzene ring substituents is 1. The van der Waals surface area contributed by atoms with Gasteiger partial charge in [-0.15, -0.1) is 0 Å². The van der Waals surface area contributed by atoms with Gasteiger partial charge in [-0.2, -0.15) is 4.31 Å². The normalized spacial score (nSPS) is 20.6. The number of hydrogen-bond donors (Lipinski definition) is 0. The van der Waals surface area contributed by atoms with E-state index in [1.54, 1.807) is 11.9 Å². The third-order valence-electron chi connectivity index (χ3n) is 5.64. The Morgan fingerprint density at radius 1 is 1.24 bits per heavy atom. The van der Waals surface area contributed by atoms with E-state index in [9.17, 15) is 23.3 Å². The Morgan fingerprint density at radius 3 is 2.55 bits per heavy atom. The van der Waals surface area contributed by atoms with Crippen molar-refractivity contribution in [3.05, 3.63) is 28.3 Å². The molecule has 1 amide bonds. The van der Waals surface area contributed by atoms with E-state index in [2.05, 4.69) is 0 Å². The van der Waals surface area contributed by atoms with Gasteiger partial charge in [0.15, 0.2) is 0 Å². The fourth-order valence-corrected chi connectivity index (χ4v) is 5.62. The molecular formula is C19H28N4O5S. The smallest absolute Gasteiger partial charge is 0.293 e. The first-order valence-electron chi connectivity index (χ1n) is 9.97. The van der Waals surface area contributed by atoms with Crippen molar-refractivity contribution in [1.29, 1.82) is 0 Å². The fraction of sp³-hybridized carbons (Fsp3) is 0.632. The minimum absolute atomic E-state index is 0.0105. The third kappa shape index (κ3) is 4.69. The van der Waals surface area contributed by atoms with Crippen molar-refractivity contribution in [2.45, 2.75) is 37.5 Å². The second kappa shape index (κ2) is 8.66. The number of sulfonamides is 1. The van der Waals surface area contributed by atoms with Crippen molar-refractivity contribution in [2.75, 3.05) is 44.7 Å². The van der Waals surface area contributed by atoms with E-state index in [0.29, 0.717) is 26.2 Å². The molecule has 0 bridgehead atoms. The molecule has 9 nitrogen and oxygen atoms in total. The molecule has 0 saturated carbocycles. The number of carbonyl (C=O) groups excluding carboxylic acids is 1. The number of benzene rings is 1. The Hall–Kier alpha value is -2.20. The van der Waals surface area contributed by atoms with Crippen LogP contribution < -0.4 is 4.90 Å². The van der Waals surface area contributed by atoms with Gasteiger partial charge < -0.3 is 9.80 Å². The molecule has 1 aromatic rings. The lowest BCUT2D eigenvalue weighted by Crippen LogP contribution is -2.39. The molecule has 1 atom stereocenters. The van der Waals surface area contributed by atoms with Gasteiger partial charge in [0, 0.05) is 39.3 Å². The predicted octanol–water partition coefficient (Wildman–Crippen LogP) is 2.07. The first-order valence-corrected chi connectivity index (χ1v) is 11.4. The van der Waals surface area contributed by atoms with Crippen LogP contribution in [-0.4, -0.2) is 68.2 Å². The van der Waals surface area contributed by atoms with Crippen molar-refractivity contribution < 1.29 is 18.1 Å². The molecule has 0 radical (unpaired) electrons. The third-order valence-corrected chi connectivity index (χ3v) is 7.50. The van der Waals surface area contributed by atoms with Gasteiger partial charge in [0.1, 0.15) is 5.69 Å². The summed E-state index contributed by atoms with van der Waals surface area (Å²) in [6.07, 6.45) is 3.69. The van der Waals surface area contributed by atoms with Gasteiger partial charge in [-0.1, -0.05) is 6.92 Å². The number of anilines is 1. The van der Waals surface area contributed by atoms with E-state index in [1.165, 1.54) is 21.3 Å². The van der Waals surface area contributed by atoms with E-state index < -0.39 is 14.9 Å². The SMILES string of the molecule is CC1CCCN(S(=O)(=O)c2ccc(N(C)CC(=O)N3CCCC3)c([N+](=O)[O-])c2)C1. The maximum absolute atomic E-state index is 13.0. The van der Waals surface area contributed by atoms with Crippen LogP contribution in [-0.2, 0) is 14.8 Å². The van der Waals surface area contributed by atoms with Crippen molar-refractivity contribution in [3.63, 3.8) is 0 Å². The zero-order valence-corrected chi connectivity index (χ0v) is 17.7. The highest BCUT2D eigenvalue weighted by Gasteiger charge is 2.31. The van der Waals surface area contributed by atoms with Crippen LogP contribution in [0.25, 0.3) is 0 Å². The second-order valence-electron chi connectivity index (χ2n) is 7.96. The molecule has 2 aliphatic rings. The van der Waals surface area contributed by atoms with E-state index in [0.717, 1.165) is 31.7 Å². The topological polar surface area (TPSA) is 104 Å². The molecule has 10 heteroatoms. The molecule has 3 rings (SSSR count). The summed E-state index contributed by atoms with van der Waals surface area (Å²) < 4.78 is 27.3. The van der Waals surface area contributed by atoms with Crippen LogP contribution in [0.15, 0.2) is 23.1 Å². The zero-order valence-electron chi connectivity index (χ0n) is 16.9. The highest BCUT2D eigenvalue weighted by atomic mass is 32.2. The highest BCUT2D eigenvalue weighted by Crippen LogP contribution is 2.32. The average Bonchev–Trinajstić information content (AvgIpc) is 3.22. The maximum Gasteiger partial charge on any atom is 0.293 e. The number of likely N-dealkylation sites (tertiary alicyclic amines) is 1. The molecule has 29 heavy (non-hydrogen) atoms. The minimum Gasteiger partial charge on any atom is -0.360 e. The molecular weight excluding hydrogens is 396 g/mol. The van der Waals surface area contributed by atoms with Gasteiger partial charge in [0.2, 0.25) is 15.9 Å². The highest BCUT2D eigenvalue weighted by molar-refractivity contribution is 7.89. The van der Waals surface area contributed by atoms with Gasteiger partial charge in [-0.05, 0) is 43.7 Å². The molecule has 1 aromatic carbocycles. The summed E-state index contributed by atoms with van der Waals surface area (Å²) in [4.78, 5) is 26.6. The summed E-state index contributed by atoms with van der Waals surface area (Å²) in [5.41, 5.74) is -0.0821. The molecule has 1 unspecified atom stereocenters. The fourth-order valence-electron chi connectivity index (χ4n) is 4.00. The Balaban J connectivity index is 1.84. The van der Waals surface area contributed by atoms with Crippen molar-refractivity contribution in [3.8, 4) is 0 Å². The molecule has 2 fully saturated rings. The predicted molar refractivity (Wildman–Crippen MR) is 109 cm³/mol. The standard InChI is InChI=1S/C19H28N4O5S/c1-15-6-5-11-22(13-15)29(27,28)16-7-8-17(18(12-16)23(25)26)20(2)14-19(24)21-9-3-4-10-21/h7-8,12,15H,3-6,9-11,13-14H2,1-2H3. The molecule has 0 aliphatic carbocycles. The van der Waals surface area contributed by atoms with Gasteiger partial charge >= 0.3 is 0 Å². The van der Waals surface area contributed by atoms with E-state index >= 15 is 0 Å². The molecule has 0 aromatic heterocycles. The molecule has 2 saturated heterocycles. The second-order valence-corrected chi connectivity index (χ2v) is 9.90. The lowest BCUT2D eigenvalue weighted by atomic mass is 10.0. The summed E-state index contributed by atoms with van der Waals surface area (Å²) in [7, 11) is -2.19. The van der Waals surface area contributed by atoms with E-state index in [4.69, 9.17) is 0 Å². The minimum atomic E-state index is -3.79. The molecule has 160 valence electrons. The van der Waals surface area contributed by atoms with E-state index in [1.807, 2.05) is 6.92 Å². The molecule has 0 spiro atoms. The van der Waals surface area contributed by atoms with Gasteiger partial charge in [-0.25, -0.2) is 8.42 Å². The number of piperidine rings is 1. The number of hydrogen-bond acceptors (Lipinski definition) is 6. The quantitative estimate of drug-likeness (QED) is 0.511. The number of likely N-dealkylation sites (N-methyl/N-ethyl adjacent to an activating group) is 1. The first kappa shape index (κ1) is 21.5. The zero-order chi connectivity index (χ0) is 21.2. The summed E-state index contributed by atoms with van der Waals surface area (Å²) in [6, 6.07) is 3.93. The van der Waals surface area contributed by atoms with Gasteiger partial charge in [0.25, 0.3) is 5.69 Å². The lowest BCUT2D eigenvalue weighted by Gasteiger charge is -2.30. The average molecular weight is 425 g/mol. The van der Waals surface area contributed by atoms with Gasteiger partial charge in [-0.3, -0.25) is 14.9 Å². The Bertz CT molecular complexity index is 883. The van der Waals surface area contributed by atoms with Gasteiger partial charge in [0.05, 0.1) is 16.4 Å². The van der Waals surface area contributed by atoms with E-state index in [-0.39, 0.29) is 34.6 Å². The number of rotatable bonds is 6. The Kier molecular flexibility index (Phi) is 6.42. The molecule has 0 N–H and O–H groups in total. The van der Waals surface area contributed by atoms with Crippen molar-refractivity contribution in [1.82, 2.24) is 9.21 Å². The first-order chi connectivity index (χ1) is 13.7. The van der Waals surface area contributed by atoms with Crippen LogP contribution in [0.5, 0.6) is 0 Å². The van der Waals surface area contributed by atoms with Crippen LogP contribution in [0.2, 0.25) is 0 Å². The number of nitrogens with zero attached hydrogens (tertiary/aromatic N) is 4. The monoisotopic (exact) mass is 424 g/mol. The van der Waals surface area contributed by atoms with Crippen LogP contribution in [0.3, 0.4) is 0 Å². The summed E-state index contributed by atoms with van der Waals surface area (Å²) in [5, 5.41) is 11.7. The molecule has 2 heterocycles. The summed E-state index contributed by atoms with van der Waals surface area (Å²) in [5.74, 6) is 0.175. The number of nitro groups is 1. The number of amides is 1. The largest absolute Gasteiger partial charge is 0.360 e. The summed E-state index contributed by atoms with van der Waals surface area (Å²) >= 11 is 0. The van der Waals surface area contributed by atoms with Crippen LogP contribution >= 0.6 is 0 Å². The van der Waals surface area contributed by atoms with Crippen LogP contribution in [0, 0.1) is 16.0 Å².